The molecule has 0 aliphatic carbocycles. The van der Waals surface area contributed by atoms with Crippen LogP contribution in [0.3, 0.4) is 0 Å². The van der Waals surface area contributed by atoms with E-state index in [-0.39, 0.29) is 12.0 Å². The smallest absolute Gasteiger partial charge is 0.252 e. The lowest BCUT2D eigenvalue weighted by Gasteiger charge is -2.10. The molecule has 5 nitrogen and oxygen atoms in total. The van der Waals surface area contributed by atoms with E-state index < -0.39 is 0 Å². The molecule has 106 valence electrons. The van der Waals surface area contributed by atoms with E-state index in [0.717, 1.165) is 10.9 Å². The highest BCUT2D eigenvalue weighted by Crippen LogP contribution is 2.19. The largest absolute Gasteiger partial charge is 0.384 e. The van der Waals surface area contributed by atoms with Gasteiger partial charge in [0.25, 0.3) is 5.91 Å². The van der Waals surface area contributed by atoms with E-state index in [9.17, 15) is 4.79 Å². The molecule has 20 heavy (non-hydrogen) atoms. The first kappa shape index (κ1) is 14.3. The third kappa shape index (κ3) is 3.45. The molecule has 1 heterocycles. The number of nitrogens with one attached hydrogen (secondary N) is 1. The van der Waals surface area contributed by atoms with Crippen LogP contribution in [-0.4, -0.2) is 30.1 Å². The van der Waals surface area contributed by atoms with Gasteiger partial charge in [-0.05, 0) is 26.0 Å². The highest BCUT2D eigenvalue weighted by Gasteiger charge is 2.11. The Hall–Kier alpha value is -2.14. The van der Waals surface area contributed by atoms with Crippen molar-refractivity contribution >= 4 is 22.6 Å². The van der Waals surface area contributed by atoms with Gasteiger partial charge >= 0.3 is 0 Å². The number of nitrogens with zero attached hydrogens (tertiary/aromatic N) is 1. The number of ether oxygens (including phenoxy) is 1. The van der Waals surface area contributed by atoms with E-state index in [0.29, 0.717) is 24.5 Å². The predicted molar refractivity (Wildman–Crippen MR) is 79.6 cm³/mol. The third-order valence-corrected chi connectivity index (χ3v) is 2.82. The molecule has 0 unspecified atom stereocenters. The van der Waals surface area contributed by atoms with Gasteiger partial charge < -0.3 is 15.8 Å². The number of rotatable bonds is 5. The molecule has 0 aliphatic heterocycles. The van der Waals surface area contributed by atoms with Crippen molar-refractivity contribution in [3.63, 3.8) is 0 Å². The topological polar surface area (TPSA) is 77.2 Å². The van der Waals surface area contributed by atoms with Crippen LogP contribution in [0.2, 0.25) is 0 Å². The number of nitrogens with two attached hydrogens (primary N) is 1. The van der Waals surface area contributed by atoms with Crippen LogP contribution in [0.1, 0.15) is 24.2 Å². The summed E-state index contributed by atoms with van der Waals surface area (Å²) >= 11 is 0. The normalized spacial score (nSPS) is 10.9. The number of hydrogen-bond donors (Lipinski definition) is 2. The average Bonchev–Trinajstić information content (AvgIpc) is 2.42. The first-order valence-electron chi connectivity index (χ1n) is 6.63. The van der Waals surface area contributed by atoms with Crippen LogP contribution >= 0.6 is 0 Å². The van der Waals surface area contributed by atoms with E-state index in [4.69, 9.17) is 10.5 Å². The number of amides is 1. The molecule has 0 bridgehead atoms. The van der Waals surface area contributed by atoms with Crippen LogP contribution in [0.5, 0.6) is 0 Å². The van der Waals surface area contributed by atoms with Gasteiger partial charge in [-0.25, -0.2) is 4.98 Å². The Morgan fingerprint density at radius 1 is 1.40 bits per heavy atom. The summed E-state index contributed by atoms with van der Waals surface area (Å²) in [4.78, 5) is 16.4. The second-order valence-corrected chi connectivity index (χ2v) is 4.79. The standard InChI is InChI=1S/C15H19N3O2/c1-10(2)20-8-7-17-15(19)12-9-14(16)18-13-6-4-3-5-11(12)13/h3-6,9-10H,7-8H2,1-2H3,(H2,16,18)(H,17,19). The van der Waals surface area contributed by atoms with Crippen molar-refractivity contribution in [2.45, 2.75) is 20.0 Å². The van der Waals surface area contributed by atoms with E-state index in [2.05, 4.69) is 10.3 Å². The molecule has 1 amide bonds. The summed E-state index contributed by atoms with van der Waals surface area (Å²) in [6, 6.07) is 9.04. The van der Waals surface area contributed by atoms with Crippen LogP contribution in [0, 0.1) is 0 Å². The number of carbonyl (C=O) groups is 1. The summed E-state index contributed by atoms with van der Waals surface area (Å²) in [5.41, 5.74) is 7.00. The first-order valence-corrected chi connectivity index (χ1v) is 6.63. The molecule has 0 spiro atoms. The number of hydrogen-bond acceptors (Lipinski definition) is 4. The molecule has 3 N–H and O–H groups in total. The minimum Gasteiger partial charge on any atom is -0.384 e. The number of fused-ring (bicyclic) bond motifs is 1. The highest BCUT2D eigenvalue weighted by molar-refractivity contribution is 6.06. The molecule has 1 aromatic heterocycles. The summed E-state index contributed by atoms with van der Waals surface area (Å²) in [5.74, 6) is 0.176. The minimum atomic E-state index is -0.164. The lowest BCUT2D eigenvalue weighted by molar-refractivity contribution is 0.0747. The van der Waals surface area contributed by atoms with Crippen molar-refractivity contribution in [2.24, 2.45) is 0 Å². The van der Waals surface area contributed by atoms with Crippen molar-refractivity contribution < 1.29 is 9.53 Å². The number of nitrogen functional groups attached to an aromatic ring is 1. The van der Waals surface area contributed by atoms with Crippen LogP contribution in [-0.2, 0) is 4.74 Å². The van der Waals surface area contributed by atoms with Gasteiger partial charge in [0.15, 0.2) is 0 Å². The Morgan fingerprint density at radius 3 is 2.90 bits per heavy atom. The first-order chi connectivity index (χ1) is 9.58. The van der Waals surface area contributed by atoms with E-state index in [1.54, 1.807) is 6.07 Å². The highest BCUT2D eigenvalue weighted by atomic mass is 16.5. The minimum absolute atomic E-state index is 0.157. The van der Waals surface area contributed by atoms with Crippen molar-refractivity contribution in [3.8, 4) is 0 Å². The van der Waals surface area contributed by atoms with Gasteiger partial charge in [-0.1, -0.05) is 18.2 Å². The fraction of sp³-hybridized carbons (Fsp3) is 0.333. The average molecular weight is 273 g/mol. The van der Waals surface area contributed by atoms with Gasteiger partial charge in [0.05, 0.1) is 23.8 Å². The summed E-state index contributed by atoms with van der Waals surface area (Å²) in [6.07, 6.45) is 0.157. The van der Waals surface area contributed by atoms with Gasteiger partial charge in [-0.15, -0.1) is 0 Å². The maximum atomic E-state index is 12.2. The molecule has 0 saturated carbocycles. The maximum absolute atomic E-state index is 12.2. The Labute approximate surface area is 118 Å². The van der Waals surface area contributed by atoms with Crippen LogP contribution < -0.4 is 11.1 Å². The Kier molecular flexibility index (Phi) is 4.53. The number of benzene rings is 1. The summed E-state index contributed by atoms with van der Waals surface area (Å²) in [7, 11) is 0. The van der Waals surface area contributed by atoms with Crippen LogP contribution in [0.15, 0.2) is 30.3 Å². The molecule has 0 atom stereocenters. The van der Waals surface area contributed by atoms with Crippen molar-refractivity contribution in [1.29, 1.82) is 0 Å². The molecule has 5 heteroatoms. The van der Waals surface area contributed by atoms with Gasteiger partial charge in [-0.2, -0.15) is 0 Å². The lowest BCUT2D eigenvalue weighted by Crippen LogP contribution is -2.28. The molecular weight excluding hydrogens is 254 g/mol. The predicted octanol–water partition coefficient (Wildman–Crippen LogP) is 1.97. The lowest BCUT2D eigenvalue weighted by atomic mass is 10.1. The maximum Gasteiger partial charge on any atom is 0.252 e. The SMILES string of the molecule is CC(C)OCCNC(=O)c1cc(N)nc2ccccc12. The van der Waals surface area contributed by atoms with Gasteiger partial charge in [-0.3, -0.25) is 4.79 Å². The van der Waals surface area contributed by atoms with E-state index in [1.807, 2.05) is 38.1 Å². The zero-order chi connectivity index (χ0) is 14.5. The van der Waals surface area contributed by atoms with E-state index >= 15 is 0 Å². The number of para-hydroxylation sites is 1. The molecule has 0 radical (unpaired) electrons. The quantitative estimate of drug-likeness (QED) is 0.816. The number of pyridine rings is 1. The summed E-state index contributed by atoms with van der Waals surface area (Å²) < 4.78 is 5.39. The third-order valence-electron chi connectivity index (χ3n) is 2.82. The van der Waals surface area contributed by atoms with Crippen molar-refractivity contribution in [2.75, 3.05) is 18.9 Å². The monoisotopic (exact) mass is 273 g/mol. The second-order valence-electron chi connectivity index (χ2n) is 4.79. The fourth-order valence-corrected chi connectivity index (χ4v) is 1.94. The molecule has 1 aromatic carbocycles. The number of anilines is 1. The molecule has 0 saturated heterocycles. The number of aromatic nitrogens is 1. The molecule has 2 rings (SSSR count). The summed E-state index contributed by atoms with van der Waals surface area (Å²) in [5, 5.41) is 3.62. The van der Waals surface area contributed by atoms with Crippen LogP contribution in [0.4, 0.5) is 5.82 Å². The Balaban J connectivity index is 2.13. The zero-order valence-corrected chi connectivity index (χ0v) is 11.7. The second kappa shape index (κ2) is 6.34. The number of carbonyl (C=O) groups excluding carboxylic acids is 1. The summed E-state index contributed by atoms with van der Waals surface area (Å²) in [6.45, 7) is 4.87. The zero-order valence-electron chi connectivity index (χ0n) is 11.7. The van der Waals surface area contributed by atoms with E-state index in [1.165, 1.54) is 0 Å². The van der Waals surface area contributed by atoms with Gasteiger partial charge in [0.2, 0.25) is 0 Å². The molecule has 0 aliphatic rings. The van der Waals surface area contributed by atoms with Crippen LogP contribution in [0.25, 0.3) is 10.9 Å². The molecule has 0 fully saturated rings. The Morgan fingerprint density at radius 2 is 2.15 bits per heavy atom. The van der Waals surface area contributed by atoms with Crippen molar-refractivity contribution in [1.82, 2.24) is 10.3 Å². The molecular formula is C15H19N3O2. The fourth-order valence-electron chi connectivity index (χ4n) is 1.94. The molecule has 2 aromatic rings. The van der Waals surface area contributed by atoms with Gasteiger partial charge in [0, 0.05) is 11.9 Å². The van der Waals surface area contributed by atoms with Crippen molar-refractivity contribution in [3.05, 3.63) is 35.9 Å². The van der Waals surface area contributed by atoms with Gasteiger partial charge in [0.1, 0.15) is 5.82 Å². The Bertz CT molecular complexity index is 611.